The topological polar surface area (TPSA) is 27.1 Å². The Morgan fingerprint density at radius 1 is 1.00 bits per heavy atom. The normalized spacial score (nSPS) is 24.7. The van der Waals surface area contributed by atoms with Crippen LogP contribution < -0.4 is 0 Å². The zero-order valence-electron chi connectivity index (χ0n) is 10.9. The molecule has 1 aromatic rings. The van der Waals surface area contributed by atoms with Crippen molar-refractivity contribution in [1.82, 2.24) is 4.90 Å². The zero-order chi connectivity index (χ0) is 12.4. The number of nitrogens with one attached hydrogen (secondary N) is 1. The molecule has 1 saturated carbocycles. The van der Waals surface area contributed by atoms with E-state index in [0.29, 0.717) is 6.04 Å². The van der Waals surface area contributed by atoms with Crippen molar-refractivity contribution in [3.8, 4) is 0 Å². The minimum Gasteiger partial charge on any atom is -0.353 e. The van der Waals surface area contributed by atoms with E-state index in [2.05, 4.69) is 17.0 Å². The van der Waals surface area contributed by atoms with Crippen molar-refractivity contribution in [1.29, 1.82) is 5.41 Å². The first kappa shape index (κ1) is 11.8. The fourth-order valence-corrected chi connectivity index (χ4v) is 3.66. The second-order valence-corrected chi connectivity index (χ2v) is 5.66. The molecule has 18 heavy (non-hydrogen) atoms. The molecule has 2 nitrogen and oxygen atoms in total. The van der Waals surface area contributed by atoms with Crippen LogP contribution in [-0.4, -0.2) is 23.3 Å². The van der Waals surface area contributed by atoms with Gasteiger partial charge < -0.3 is 4.90 Å². The fourth-order valence-electron chi connectivity index (χ4n) is 3.66. The molecule has 2 fully saturated rings. The van der Waals surface area contributed by atoms with E-state index in [1.165, 1.54) is 38.5 Å². The second-order valence-electron chi connectivity index (χ2n) is 5.66. The Kier molecular flexibility index (Phi) is 3.35. The minimum absolute atomic E-state index is 0.639. The van der Waals surface area contributed by atoms with Crippen molar-refractivity contribution >= 4 is 5.84 Å². The summed E-state index contributed by atoms with van der Waals surface area (Å²) in [5.41, 5.74) is 1.07. The molecule has 0 aromatic heterocycles. The summed E-state index contributed by atoms with van der Waals surface area (Å²) in [7, 11) is 0. The van der Waals surface area contributed by atoms with Crippen LogP contribution in [0.1, 0.15) is 44.1 Å². The van der Waals surface area contributed by atoms with Gasteiger partial charge in [0.1, 0.15) is 5.84 Å². The van der Waals surface area contributed by atoms with Crippen LogP contribution in [0.4, 0.5) is 0 Å². The van der Waals surface area contributed by atoms with Gasteiger partial charge in [-0.3, -0.25) is 5.41 Å². The van der Waals surface area contributed by atoms with E-state index >= 15 is 0 Å². The fraction of sp³-hybridized carbons (Fsp3) is 0.562. The van der Waals surface area contributed by atoms with Crippen LogP contribution in [0.15, 0.2) is 30.3 Å². The van der Waals surface area contributed by atoms with E-state index < -0.39 is 0 Å². The van der Waals surface area contributed by atoms with Gasteiger partial charge in [0.05, 0.1) is 0 Å². The number of benzene rings is 1. The average Bonchev–Trinajstić information content (AvgIpc) is 3.09. The van der Waals surface area contributed by atoms with Crippen molar-refractivity contribution in [3.63, 3.8) is 0 Å². The predicted octanol–water partition coefficient (Wildman–Crippen LogP) is 3.67. The van der Waals surface area contributed by atoms with E-state index in [9.17, 15) is 0 Å². The number of likely N-dealkylation sites (tertiary alicyclic amines) is 1. The highest BCUT2D eigenvalue weighted by Gasteiger charge is 2.34. The van der Waals surface area contributed by atoms with Gasteiger partial charge in [-0.2, -0.15) is 0 Å². The second kappa shape index (κ2) is 5.13. The van der Waals surface area contributed by atoms with E-state index in [-0.39, 0.29) is 0 Å². The van der Waals surface area contributed by atoms with E-state index in [0.717, 1.165) is 23.9 Å². The molecule has 0 radical (unpaired) electrons. The molecule has 1 saturated heterocycles. The monoisotopic (exact) mass is 242 g/mol. The number of rotatable bonds is 2. The zero-order valence-corrected chi connectivity index (χ0v) is 10.9. The highest BCUT2D eigenvalue weighted by atomic mass is 15.2. The molecule has 96 valence electrons. The summed E-state index contributed by atoms with van der Waals surface area (Å²) < 4.78 is 0. The van der Waals surface area contributed by atoms with Crippen LogP contribution in [0, 0.1) is 11.3 Å². The summed E-state index contributed by atoms with van der Waals surface area (Å²) in [6, 6.07) is 10.9. The maximum Gasteiger partial charge on any atom is 0.128 e. The quantitative estimate of drug-likeness (QED) is 0.622. The molecule has 0 amide bonds. The van der Waals surface area contributed by atoms with E-state index in [4.69, 9.17) is 5.41 Å². The predicted molar refractivity (Wildman–Crippen MR) is 75.0 cm³/mol. The Morgan fingerprint density at radius 2 is 1.72 bits per heavy atom. The molecule has 3 rings (SSSR count). The minimum atomic E-state index is 0.639. The van der Waals surface area contributed by atoms with Crippen molar-refractivity contribution in [2.24, 2.45) is 5.92 Å². The van der Waals surface area contributed by atoms with Gasteiger partial charge in [-0.05, 0) is 31.6 Å². The lowest BCUT2D eigenvalue weighted by Crippen LogP contribution is -2.39. The largest absolute Gasteiger partial charge is 0.353 e. The first-order valence-electron chi connectivity index (χ1n) is 7.27. The Morgan fingerprint density at radius 3 is 2.44 bits per heavy atom. The van der Waals surface area contributed by atoms with Crippen LogP contribution in [-0.2, 0) is 0 Å². The Balaban J connectivity index is 1.76. The third-order valence-corrected chi connectivity index (χ3v) is 4.58. The van der Waals surface area contributed by atoms with Gasteiger partial charge >= 0.3 is 0 Å². The van der Waals surface area contributed by atoms with Gasteiger partial charge in [-0.25, -0.2) is 0 Å². The van der Waals surface area contributed by atoms with Crippen molar-refractivity contribution in [2.45, 2.75) is 44.6 Å². The lowest BCUT2D eigenvalue weighted by atomic mass is 9.95. The molecule has 1 atom stereocenters. The van der Waals surface area contributed by atoms with Gasteiger partial charge in [0.25, 0.3) is 0 Å². The third kappa shape index (κ3) is 2.16. The lowest BCUT2D eigenvalue weighted by molar-refractivity contribution is 0.280. The first-order valence-corrected chi connectivity index (χ1v) is 7.27. The smallest absolute Gasteiger partial charge is 0.128 e. The van der Waals surface area contributed by atoms with Crippen LogP contribution in [0.5, 0.6) is 0 Å². The Bertz CT molecular complexity index is 406. The molecule has 2 aliphatic rings. The molecule has 0 spiro atoms. The maximum atomic E-state index is 8.45. The van der Waals surface area contributed by atoms with E-state index in [1.54, 1.807) is 0 Å². The summed E-state index contributed by atoms with van der Waals surface area (Å²) in [6.45, 7) is 1.08. The summed E-state index contributed by atoms with van der Waals surface area (Å²) in [6.07, 6.45) is 8.10. The molecule has 1 aliphatic heterocycles. The van der Waals surface area contributed by atoms with Crippen molar-refractivity contribution in [2.75, 3.05) is 6.54 Å². The number of hydrogen-bond acceptors (Lipinski definition) is 1. The van der Waals surface area contributed by atoms with Crippen molar-refractivity contribution in [3.05, 3.63) is 35.9 Å². The molecule has 1 aromatic carbocycles. The molecular formula is C16H22N2. The van der Waals surface area contributed by atoms with Crippen LogP contribution >= 0.6 is 0 Å². The highest BCUT2D eigenvalue weighted by molar-refractivity contribution is 5.96. The molecule has 1 N–H and O–H groups in total. The Hall–Kier alpha value is -1.31. The first-order chi connectivity index (χ1) is 8.86. The molecule has 2 heteroatoms. The molecule has 0 bridgehead atoms. The molecule has 1 aliphatic carbocycles. The van der Waals surface area contributed by atoms with Crippen molar-refractivity contribution < 1.29 is 0 Å². The highest BCUT2D eigenvalue weighted by Crippen LogP contribution is 2.35. The van der Waals surface area contributed by atoms with Gasteiger partial charge in [0.2, 0.25) is 0 Å². The number of nitrogens with zero attached hydrogens (tertiary/aromatic N) is 1. The van der Waals surface area contributed by atoms with E-state index in [1.807, 2.05) is 18.2 Å². The van der Waals surface area contributed by atoms with Gasteiger partial charge in [-0.15, -0.1) is 0 Å². The molecule has 1 heterocycles. The van der Waals surface area contributed by atoms with Crippen LogP contribution in [0.3, 0.4) is 0 Å². The van der Waals surface area contributed by atoms with Gasteiger partial charge in [0, 0.05) is 18.2 Å². The van der Waals surface area contributed by atoms with Crippen LogP contribution in [0.25, 0.3) is 0 Å². The summed E-state index contributed by atoms with van der Waals surface area (Å²) >= 11 is 0. The lowest BCUT2D eigenvalue weighted by Gasteiger charge is -2.31. The summed E-state index contributed by atoms with van der Waals surface area (Å²) in [5, 5.41) is 8.45. The van der Waals surface area contributed by atoms with Gasteiger partial charge in [0.15, 0.2) is 0 Å². The van der Waals surface area contributed by atoms with Crippen LogP contribution in [0.2, 0.25) is 0 Å². The Labute approximate surface area is 110 Å². The maximum absolute atomic E-state index is 8.45. The summed E-state index contributed by atoms with van der Waals surface area (Å²) in [5.74, 6) is 1.58. The summed E-state index contributed by atoms with van der Waals surface area (Å²) in [4.78, 5) is 2.37. The third-order valence-electron chi connectivity index (χ3n) is 4.58. The number of hydrogen-bond donors (Lipinski definition) is 1. The molecule has 1 unspecified atom stereocenters. The average molecular weight is 242 g/mol. The molecular weight excluding hydrogens is 220 g/mol. The van der Waals surface area contributed by atoms with Gasteiger partial charge in [-0.1, -0.05) is 43.2 Å². The standard InChI is InChI=1S/C16H22N2/c17-16(14-9-2-1-3-10-14)18-12-6-11-15(18)13-7-4-5-8-13/h1-3,9-10,13,15,17H,4-8,11-12H2. The number of amidine groups is 1. The SMILES string of the molecule is N=C(c1ccccc1)N1CCCC1C1CCCC1.